The number of halogens is 6. The van der Waals surface area contributed by atoms with Crippen molar-refractivity contribution in [3.63, 3.8) is 0 Å². The Morgan fingerprint density at radius 1 is 0.809 bits per heavy atom. The molecule has 0 bridgehead atoms. The predicted octanol–water partition coefficient (Wildman–Crippen LogP) is 5.47. The fraction of sp³-hybridized carbons (Fsp3) is 0.647. The largest absolute Gasteiger partial charge is 0.416 e. The Hall–Kier alpha value is -2.90. The van der Waals surface area contributed by atoms with Gasteiger partial charge in [-0.2, -0.15) is 26.3 Å². The molecule has 1 aromatic rings. The average Bonchev–Trinajstić information content (AvgIpc) is 3.77. The average molecular weight is 669 g/mol. The van der Waals surface area contributed by atoms with E-state index in [-0.39, 0.29) is 42.4 Å². The summed E-state index contributed by atoms with van der Waals surface area (Å²) in [6, 6.07) is 1.27. The molecular formula is C34H42F6N4O3. The molecule has 47 heavy (non-hydrogen) atoms. The first-order chi connectivity index (χ1) is 22.4. The third kappa shape index (κ3) is 7.88. The monoisotopic (exact) mass is 668 g/mol. The lowest BCUT2D eigenvalue weighted by Crippen LogP contribution is -2.58. The molecule has 0 aromatic heterocycles. The number of rotatable bonds is 6. The molecule has 2 amide bonds. The van der Waals surface area contributed by atoms with Crippen LogP contribution in [0.15, 0.2) is 42.5 Å². The maximum Gasteiger partial charge on any atom is 0.416 e. The Kier molecular flexibility index (Phi) is 10.1. The minimum Gasteiger partial charge on any atom is -0.381 e. The van der Waals surface area contributed by atoms with E-state index in [1.807, 2.05) is 29.2 Å². The highest BCUT2D eigenvalue weighted by Gasteiger charge is 2.41. The molecule has 4 aliphatic heterocycles. The van der Waals surface area contributed by atoms with Crippen LogP contribution >= 0.6 is 0 Å². The molecule has 13 heteroatoms. The van der Waals surface area contributed by atoms with E-state index in [1.165, 1.54) is 4.90 Å². The summed E-state index contributed by atoms with van der Waals surface area (Å²) in [6.07, 6.45) is 2.13. The lowest BCUT2D eigenvalue weighted by Gasteiger charge is -2.47. The smallest absolute Gasteiger partial charge is 0.381 e. The molecule has 4 heterocycles. The molecule has 1 aromatic carbocycles. The Labute approximate surface area is 271 Å². The van der Waals surface area contributed by atoms with Gasteiger partial charge < -0.3 is 14.5 Å². The highest BCUT2D eigenvalue weighted by molar-refractivity contribution is 5.95. The molecule has 4 saturated heterocycles. The summed E-state index contributed by atoms with van der Waals surface area (Å²) >= 11 is 0. The SMILES string of the molecule is O=C(C1CCOC1)N1CCC(N2CCN(C3CCN(C(=O)c4cc(C(F)(F)F)cc(C(F)(F)F)c4)C(CC4C=CC=CC4)C3)CC2)C1. The van der Waals surface area contributed by atoms with E-state index < -0.39 is 35.0 Å². The summed E-state index contributed by atoms with van der Waals surface area (Å²) in [5, 5.41) is 0. The van der Waals surface area contributed by atoms with Crippen LogP contribution in [0, 0.1) is 11.8 Å². The van der Waals surface area contributed by atoms with E-state index in [0.29, 0.717) is 50.7 Å². The fourth-order valence-electron chi connectivity index (χ4n) is 7.95. The topological polar surface area (TPSA) is 56.3 Å². The zero-order valence-corrected chi connectivity index (χ0v) is 26.3. The van der Waals surface area contributed by atoms with Gasteiger partial charge in [0.1, 0.15) is 0 Å². The number of nitrogens with zero attached hydrogens (tertiary/aromatic N) is 4. The van der Waals surface area contributed by atoms with Gasteiger partial charge in [-0.3, -0.25) is 19.4 Å². The second-order valence-corrected chi connectivity index (χ2v) is 13.5. The van der Waals surface area contributed by atoms with Gasteiger partial charge in [0.15, 0.2) is 0 Å². The van der Waals surface area contributed by atoms with Gasteiger partial charge in [0.05, 0.1) is 23.7 Å². The molecule has 6 rings (SSSR count). The van der Waals surface area contributed by atoms with Gasteiger partial charge >= 0.3 is 12.4 Å². The molecule has 0 spiro atoms. The third-order valence-corrected chi connectivity index (χ3v) is 10.6. The molecule has 0 radical (unpaired) electrons. The zero-order chi connectivity index (χ0) is 33.3. The summed E-state index contributed by atoms with van der Waals surface area (Å²) in [5.41, 5.74) is -3.56. The minimum atomic E-state index is -5.03. The van der Waals surface area contributed by atoms with Crippen LogP contribution in [-0.2, 0) is 21.9 Å². The van der Waals surface area contributed by atoms with Crippen LogP contribution in [0.1, 0.15) is 60.0 Å². The first kappa shape index (κ1) is 34.0. The number of benzene rings is 1. The molecule has 4 fully saturated rings. The first-order valence-corrected chi connectivity index (χ1v) is 16.6. The Balaban J connectivity index is 1.12. The van der Waals surface area contributed by atoms with Gasteiger partial charge in [-0.05, 0) is 62.6 Å². The van der Waals surface area contributed by atoms with Crippen LogP contribution in [0.25, 0.3) is 0 Å². The van der Waals surface area contributed by atoms with E-state index in [1.54, 1.807) is 0 Å². The van der Waals surface area contributed by atoms with Gasteiger partial charge in [0.2, 0.25) is 5.91 Å². The van der Waals surface area contributed by atoms with E-state index in [0.717, 1.165) is 58.5 Å². The highest BCUT2D eigenvalue weighted by atomic mass is 19.4. The lowest BCUT2D eigenvalue weighted by atomic mass is 9.85. The van der Waals surface area contributed by atoms with Crippen LogP contribution in [0.4, 0.5) is 26.3 Å². The number of ether oxygens (including phenoxy) is 1. The van der Waals surface area contributed by atoms with Crippen LogP contribution in [0.2, 0.25) is 0 Å². The van der Waals surface area contributed by atoms with Crippen LogP contribution in [0.3, 0.4) is 0 Å². The quantitative estimate of drug-likeness (QED) is 0.377. The molecule has 1 aliphatic carbocycles. The number of hydrogen-bond acceptors (Lipinski definition) is 5. The maximum atomic E-state index is 13.7. The summed E-state index contributed by atoms with van der Waals surface area (Å²) in [7, 11) is 0. The second-order valence-electron chi connectivity index (χ2n) is 13.5. The van der Waals surface area contributed by atoms with E-state index in [4.69, 9.17) is 4.74 Å². The van der Waals surface area contributed by atoms with E-state index in [2.05, 4.69) is 9.80 Å². The number of carbonyl (C=O) groups is 2. The number of likely N-dealkylation sites (tertiary alicyclic amines) is 2. The number of piperazine rings is 1. The third-order valence-electron chi connectivity index (χ3n) is 10.6. The summed E-state index contributed by atoms with van der Waals surface area (Å²) in [4.78, 5) is 35.0. The van der Waals surface area contributed by atoms with Crippen molar-refractivity contribution >= 4 is 11.8 Å². The number of allylic oxidation sites excluding steroid dienone is 4. The van der Waals surface area contributed by atoms with E-state index in [9.17, 15) is 35.9 Å². The van der Waals surface area contributed by atoms with Crippen LogP contribution in [-0.4, -0.2) is 109 Å². The molecule has 258 valence electrons. The highest BCUT2D eigenvalue weighted by Crippen LogP contribution is 2.38. The van der Waals surface area contributed by atoms with Crippen molar-refractivity contribution in [1.82, 2.24) is 19.6 Å². The number of piperidine rings is 1. The summed E-state index contributed by atoms with van der Waals surface area (Å²) < 4.78 is 87.0. The summed E-state index contributed by atoms with van der Waals surface area (Å²) in [5.74, 6) is -0.516. The van der Waals surface area contributed by atoms with Crippen molar-refractivity contribution in [3.8, 4) is 0 Å². The molecule has 7 nitrogen and oxygen atoms in total. The van der Waals surface area contributed by atoms with Crippen molar-refractivity contribution in [2.24, 2.45) is 11.8 Å². The molecule has 0 saturated carbocycles. The molecule has 5 unspecified atom stereocenters. The van der Waals surface area contributed by atoms with Crippen molar-refractivity contribution in [1.29, 1.82) is 0 Å². The maximum absolute atomic E-state index is 13.7. The number of amides is 2. The molecule has 5 atom stereocenters. The predicted molar refractivity (Wildman–Crippen MR) is 162 cm³/mol. The number of carbonyl (C=O) groups excluding carboxylic acids is 2. The Bertz CT molecular complexity index is 1320. The molecular weight excluding hydrogens is 626 g/mol. The fourth-order valence-corrected chi connectivity index (χ4v) is 7.95. The summed E-state index contributed by atoms with van der Waals surface area (Å²) in [6.45, 7) is 6.23. The number of alkyl halides is 6. The van der Waals surface area contributed by atoms with Gasteiger partial charge in [0.25, 0.3) is 5.91 Å². The zero-order valence-electron chi connectivity index (χ0n) is 26.3. The van der Waals surface area contributed by atoms with Crippen molar-refractivity contribution in [2.75, 3.05) is 59.0 Å². The van der Waals surface area contributed by atoms with Gasteiger partial charge in [-0.15, -0.1) is 0 Å². The standard InChI is InChI=1S/C34H42F6N4O3/c35-33(36,37)26-17-25(18-27(19-26)34(38,39)40)32(46)44-10-7-28(20-30(44)16-23-4-2-1-3-5-23)41-11-13-42(14-12-41)29-6-9-43(21-29)31(45)24-8-15-47-22-24/h1-4,17-19,23-24,28-30H,5-16,20-22H2. The van der Waals surface area contributed by atoms with Gasteiger partial charge in [0, 0.05) is 76.1 Å². The van der Waals surface area contributed by atoms with Crippen molar-refractivity contribution < 1.29 is 40.7 Å². The second kappa shape index (κ2) is 13.9. The first-order valence-electron chi connectivity index (χ1n) is 16.6. The van der Waals surface area contributed by atoms with Crippen molar-refractivity contribution in [2.45, 2.75) is 69.0 Å². The minimum absolute atomic E-state index is 0.0308. The molecule has 0 N–H and O–H groups in total. The van der Waals surface area contributed by atoms with Gasteiger partial charge in [-0.1, -0.05) is 24.3 Å². The van der Waals surface area contributed by atoms with Crippen LogP contribution in [0.5, 0.6) is 0 Å². The molecule has 5 aliphatic rings. The van der Waals surface area contributed by atoms with Crippen molar-refractivity contribution in [3.05, 3.63) is 59.2 Å². The van der Waals surface area contributed by atoms with Crippen LogP contribution < -0.4 is 0 Å². The lowest BCUT2D eigenvalue weighted by molar-refractivity contribution is -0.143. The Morgan fingerprint density at radius 2 is 1.47 bits per heavy atom. The Morgan fingerprint density at radius 3 is 2.06 bits per heavy atom. The van der Waals surface area contributed by atoms with E-state index >= 15 is 0 Å². The normalized spacial score (nSPS) is 29.5. The number of hydrogen-bond donors (Lipinski definition) is 0. The van der Waals surface area contributed by atoms with Gasteiger partial charge in [-0.25, -0.2) is 0 Å².